The summed E-state index contributed by atoms with van der Waals surface area (Å²) < 4.78 is 4.80. The van der Waals surface area contributed by atoms with Gasteiger partial charge in [-0.3, -0.25) is 4.79 Å². The lowest BCUT2D eigenvalue weighted by atomic mass is 10.1. The molecule has 6 heteroatoms. The minimum absolute atomic E-state index is 0.279. The van der Waals surface area contributed by atoms with Crippen molar-refractivity contribution in [3.63, 3.8) is 0 Å². The average molecular weight is 326 g/mol. The van der Waals surface area contributed by atoms with E-state index in [1.807, 2.05) is 25.1 Å². The van der Waals surface area contributed by atoms with Crippen LogP contribution >= 0.6 is 11.3 Å². The van der Waals surface area contributed by atoms with Crippen molar-refractivity contribution in [2.24, 2.45) is 0 Å². The van der Waals surface area contributed by atoms with E-state index in [1.165, 1.54) is 18.4 Å². The summed E-state index contributed by atoms with van der Waals surface area (Å²) >= 11 is 1.20. The predicted octanol–water partition coefficient (Wildman–Crippen LogP) is 3.64. The number of carbonyl (C=O) groups excluding carboxylic acids is 2. The van der Waals surface area contributed by atoms with Crippen molar-refractivity contribution in [3.05, 3.63) is 58.6 Å². The lowest BCUT2D eigenvalue weighted by Gasteiger charge is -2.07. The molecule has 0 saturated carbocycles. The van der Waals surface area contributed by atoms with E-state index in [0.29, 0.717) is 21.0 Å². The first-order valence-electron chi connectivity index (χ1n) is 6.94. The highest BCUT2D eigenvalue weighted by Gasteiger charge is 2.21. The summed E-state index contributed by atoms with van der Waals surface area (Å²) in [7, 11) is 1.31. The summed E-state index contributed by atoms with van der Waals surface area (Å²) in [6.45, 7) is 1.95. The molecule has 23 heavy (non-hydrogen) atoms. The standard InChI is InChI=1S/C17H14N2O3S/c1-10-5-7-11(8-6-10)15(20)19-13-12-4-3-9-18-16(12)23-14(13)17(21)22-2/h3-9H,1-2H3,(H,19,20). The SMILES string of the molecule is COC(=O)c1sc2ncccc2c1NC(=O)c1ccc(C)cc1. The third kappa shape index (κ3) is 2.93. The first-order valence-corrected chi connectivity index (χ1v) is 7.75. The Morgan fingerprint density at radius 2 is 1.91 bits per heavy atom. The van der Waals surface area contributed by atoms with Crippen molar-refractivity contribution >= 4 is 39.1 Å². The van der Waals surface area contributed by atoms with Gasteiger partial charge in [-0.05, 0) is 31.2 Å². The molecular weight excluding hydrogens is 312 g/mol. The van der Waals surface area contributed by atoms with E-state index in [0.717, 1.165) is 10.9 Å². The molecule has 0 fully saturated rings. The van der Waals surface area contributed by atoms with Crippen LogP contribution in [0, 0.1) is 6.92 Å². The summed E-state index contributed by atoms with van der Waals surface area (Å²) in [6, 6.07) is 10.8. The molecular formula is C17H14N2O3S. The number of rotatable bonds is 3. The summed E-state index contributed by atoms with van der Waals surface area (Å²) in [6.07, 6.45) is 1.64. The monoisotopic (exact) mass is 326 g/mol. The largest absolute Gasteiger partial charge is 0.465 e. The number of fused-ring (bicyclic) bond motifs is 1. The van der Waals surface area contributed by atoms with Crippen LogP contribution in [0.5, 0.6) is 0 Å². The second kappa shape index (κ2) is 6.18. The first kappa shape index (κ1) is 15.2. The quantitative estimate of drug-likeness (QED) is 0.746. The second-order valence-corrected chi connectivity index (χ2v) is 5.97. The van der Waals surface area contributed by atoms with E-state index in [4.69, 9.17) is 4.74 Å². The van der Waals surface area contributed by atoms with Crippen LogP contribution in [0.4, 0.5) is 5.69 Å². The van der Waals surface area contributed by atoms with Crippen LogP contribution < -0.4 is 5.32 Å². The number of hydrogen-bond acceptors (Lipinski definition) is 5. The molecule has 0 atom stereocenters. The molecule has 0 saturated heterocycles. The number of aromatic nitrogens is 1. The Bertz CT molecular complexity index is 884. The average Bonchev–Trinajstić information content (AvgIpc) is 2.93. The summed E-state index contributed by atoms with van der Waals surface area (Å²) in [5, 5.41) is 3.54. The Balaban J connectivity index is 2.02. The summed E-state index contributed by atoms with van der Waals surface area (Å²) in [4.78, 5) is 29.7. The van der Waals surface area contributed by atoms with Crippen LogP contribution in [-0.2, 0) is 4.74 Å². The van der Waals surface area contributed by atoms with Crippen molar-refractivity contribution in [2.75, 3.05) is 12.4 Å². The smallest absolute Gasteiger partial charge is 0.350 e. The molecule has 2 aromatic heterocycles. The van der Waals surface area contributed by atoms with Crippen LogP contribution in [0.25, 0.3) is 10.2 Å². The topological polar surface area (TPSA) is 68.3 Å². The van der Waals surface area contributed by atoms with E-state index in [9.17, 15) is 9.59 Å². The van der Waals surface area contributed by atoms with Crippen molar-refractivity contribution in [2.45, 2.75) is 6.92 Å². The van der Waals surface area contributed by atoms with Crippen LogP contribution in [0.1, 0.15) is 25.6 Å². The van der Waals surface area contributed by atoms with E-state index < -0.39 is 5.97 Å². The van der Waals surface area contributed by atoms with Gasteiger partial charge < -0.3 is 10.1 Å². The maximum absolute atomic E-state index is 12.5. The number of benzene rings is 1. The number of pyridine rings is 1. The number of anilines is 1. The highest BCUT2D eigenvalue weighted by atomic mass is 32.1. The number of esters is 1. The first-order chi connectivity index (χ1) is 11.1. The van der Waals surface area contributed by atoms with Gasteiger partial charge in [-0.15, -0.1) is 11.3 Å². The number of ether oxygens (including phenoxy) is 1. The molecule has 1 N–H and O–H groups in total. The number of carbonyl (C=O) groups is 2. The van der Waals surface area contributed by atoms with E-state index in [2.05, 4.69) is 10.3 Å². The fourth-order valence-corrected chi connectivity index (χ4v) is 3.20. The Kier molecular flexibility index (Phi) is 4.08. The Labute approximate surface area is 136 Å². The Morgan fingerprint density at radius 3 is 2.61 bits per heavy atom. The Morgan fingerprint density at radius 1 is 1.17 bits per heavy atom. The number of nitrogens with one attached hydrogen (secondary N) is 1. The van der Waals surface area contributed by atoms with Crippen LogP contribution in [0.2, 0.25) is 0 Å². The van der Waals surface area contributed by atoms with Crippen molar-refractivity contribution in [1.29, 1.82) is 0 Å². The predicted molar refractivity (Wildman–Crippen MR) is 90.1 cm³/mol. The van der Waals surface area contributed by atoms with Gasteiger partial charge in [0, 0.05) is 17.1 Å². The number of hydrogen-bond donors (Lipinski definition) is 1. The van der Waals surface area contributed by atoms with Gasteiger partial charge in [0.1, 0.15) is 9.71 Å². The van der Waals surface area contributed by atoms with Crippen molar-refractivity contribution < 1.29 is 14.3 Å². The molecule has 0 bridgehead atoms. The number of amides is 1. The highest BCUT2D eigenvalue weighted by molar-refractivity contribution is 7.21. The fourth-order valence-electron chi connectivity index (χ4n) is 2.18. The number of methoxy groups -OCH3 is 1. The zero-order chi connectivity index (χ0) is 16.4. The van der Waals surface area contributed by atoms with Gasteiger partial charge in [-0.2, -0.15) is 0 Å². The van der Waals surface area contributed by atoms with E-state index >= 15 is 0 Å². The molecule has 116 valence electrons. The van der Waals surface area contributed by atoms with Crippen LogP contribution in [0.15, 0.2) is 42.6 Å². The third-order valence-corrected chi connectivity index (χ3v) is 4.48. The zero-order valence-electron chi connectivity index (χ0n) is 12.6. The fraction of sp³-hybridized carbons (Fsp3) is 0.118. The van der Waals surface area contributed by atoms with Gasteiger partial charge in [0.15, 0.2) is 0 Å². The lowest BCUT2D eigenvalue weighted by molar-refractivity contribution is 0.0607. The molecule has 0 spiro atoms. The van der Waals surface area contributed by atoms with Crippen molar-refractivity contribution in [1.82, 2.24) is 4.98 Å². The second-order valence-electron chi connectivity index (χ2n) is 4.97. The molecule has 0 aliphatic heterocycles. The molecule has 0 aliphatic rings. The number of thiophene rings is 1. The minimum Gasteiger partial charge on any atom is -0.465 e. The molecule has 0 unspecified atom stereocenters. The molecule has 0 aliphatic carbocycles. The number of aryl methyl sites for hydroxylation is 1. The van der Waals surface area contributed by atoms with Gasteiger partial charge in [0.25, 0.3) is 5.91 Å². The molecule has 5 nitrogen and oxygen atoms in total. The maximum atomic E-state index is 12.5. The van der Waals surface area contributed by atoms with Crippen molar-refractivity contribution in [3.8, 4) is 0 Å². The van der Waals surface area contributed by atoms with Gasteiger partial charge in [-0.25, -0.2) is 9.78 Å². The van der Waals surface area contributed by atoms with Gasteiger partial charge >= 0.3 is 5.97 Å². The maximum Gasteiger partial charge on any atom is 0.350 e. The minimum atomic E-state index is -0.493. The normalized spacial score (nSPS) is 10.5. The molecule has 1 aromatic carbocycles. The summed E-state index contributed by atoms with van der Waals surface area (Å²) in [5.74, 6) is -0.772. The third-order valence-electron chi connectivity index (χ3n) is 3.39. The van der Waals surface area contributed by atoms with Crippen LogP contribution in [-0.4, -0.2) is 24.0 Å². The lowest BCUT2D eigenvalue weighted by Crippen LogP contribution is -2.14. The molecule has 0 radical (unpaired) electrons. The Hall–Kier alpha value is -2.73. The van der Waals surface area contributed by atoms with Crippen LogP contribution in [0.3, 0.4) is 0 Å². The number of nitrogens with zero attached hydrogens (tertiary/aromatic N) is 1. The van der Waals surface area contributed by atoms with Gasteiger partial charge in [-0.1, -0.05) is 17.7 Å². The zero-order valence-corrected chi connectivity index (χ0v) is 13.4. The van der Waals surface area contributed by atoms with Gasteiger partial charge in [0.2, 0.25) is 0 Å². The van der Waals surface area contributed by atoms with E-state index in [1.54, 1.807) is 24.4 Å². The highest BCUT2D eigenvalue weighted by Crippen LogP contribution is 2.35. The van der Waals surface area contributed by atoms with E-state index in [-0.39, 0.29) is 5.91 Å². The molecule has 2 heterocycles. The van der Waals surface area contributed by atoms with Gasteiger partial charge in [0.05, 0.1) is 12.8 Å². The summed E-state index contributed by atoms with van der Waals surface area (Å²) in [5.41, 5.74) is 2.03. The molecule has 3 rings (SSSR count). The molecule has 1 amide bonds. The molecule has 3 aromatic rings.